The van der Waals surface area contributed by atoms with Crippen molar-refractivity contribution in [3.8, 4) is 0 Å². The predicted octanol–water partition coefficient (Wildman–Crippen LogP) is -0.953. The third-order valence-corrected chi connectivity index (χ3v) is 1.84. The summed E-state index contributed by atoms with van der Waals surface area (Å²) in [5, 5.41) is 0. The molecule has 2 aromatic heterocycles. The maximum Gasteiger partial charge on any atom is 0.278 e. The van der Waals surface area contributed by atoms with Gasteiger partial charge >= 0.3 is 0 Å². The number of imidazole rings is 1. The first-order valence-corrected chi connectivity index (χ1v) is 4.70. The Labute approximate surface area is 98.1 Å². The number of aromatic nitrogens is 3. The van der Waals surface area contributed by atoms with E-state index in [9.17, 15) is 4.79 Å². The molecule has 0 unspecified atom stereocenters. The van der Waals surface area contributed by atoms with E-state index in [1.54, 1.807) is 13.2 Å². The van der Waals surface area contributed by atoms with Crippen LogP contribution in [0.5, 0.6) is 0 Å². The van der Waals surface area contributed by atoms with Crippen LogP contribution in [0.1, 0.15) is 5.82 Å². The highest BCUT2D eigenvalue weighted by molar-refractivity contribution is 7.49. The van der Waals surface area contributed by atoms with Crippen molar-refractivity contribution in [1.29, 1.82) is 0 Å². The van der Waals surface area contributed by atoms with E-state index in [-0.39, 0.29) is 5.56 Å². The molecule has 0 aliphatic rings. The number of aryl methyl sites for hydroxylation is 2. The standard InChI is InChI=1S/C8H9N3O.B4/c1-5-9-6-3-4-11(2)8(12)7(6)10-5;1-4(2)3/h3-4H,1-2H3,(H,9,10);. The number of hydrogen-bond donors (Lipinski definition) is 1. The van der Waals surface area contributed by atoms with E-state index in [1.165, 1.54) is 4.57 Å². The summed E-state index contributed by atoms with van der Waals surface area (Å²) in [7, 11) is 15.7. The zero-order valence-corrected chi connectivity index (χ0v) is 9.27. The molecule has 4 nitrogen and oxygen atoms in total. The average Bonchev–Trinajstić information content (AvgIpc) is 2.53. The van der Waals surface area contributed by atoms with Crippen molar-refractivity contribution < 1.29 is 0 Å². The zero-order valence-electron chi connectivity index (χ0n) is 9.27. The molecule has 0 aliphatic heterocycles. The Morgan fingerprint density at radius 1 is 1.44 bits per heavy atom. The lowest BCUT2D eigenvalue weighted by molar-refractivity contribution is 0.870. The largest absolute Gasteiger partial charge is 0.342 e. The molecule has 0 fully saturated rings. The molecule has 0 spiro atoms. The Balaban J connectivity index is 0.000000280. The van der Waals surface area contributed by atoms with Gasteiger partial charge in [0.15, 0.2) is 5.52 Å². The molecule has 74 valence electrons. The second-order valence-corrected chi connectivity index (χ2v) is 3.39. The van der Waals surface area contributed by atoms with E-state index in [0.29, 0.717) is 5.52 Å². The number of nitrogens with one attached hydrogen (secondary N) is 1. The minimum absolute atomic E-state index is 0.0585. The van der Waals surface area contributed by atoms with Gasteiger partial charge in [0, 0.05) is 42.8 Å². The summed E-state index contributed by atoms with van der Waals surface area (Å²) in [5.74, 6) is 0.772. The fourth-order valence-electron chi connectivity index (χ4n) is 1.21. The minimum atomic E-state index is -0.667. The molecule has 6 radical (unpaired) electrons. The van der Waals surface area contributed by atoms with Gasteiger partial charge in [-0.15, -0.1) is 0 Å². The SMILES string of the molecule is Cc1nc2c(=O)n(C)ccc2[nH]1.[B]B([B])[B]. The average molecular weight is 206 g/mol. The topological polar surface area (TPSA) is 50.7 Å². The highest BCUT2D eigenvalue weighted by Gasteiger charge is 2.03. The summed E-state index contributed by atoms with van der Waals surface area (Å²) < 4.78 is 1.52. The van der Waals surface area contributed by atoms with Gasteiger partial charge in [0.2, 0.25) is 0 Å². The van der Waals surface area contributed by atoms with Gasteiger partial charge in [0.05, 0.1) is 5.52 Å². The van der Waals surface area contributed by atoms with Crippen LogP contribution in [0.2, 0.25) is 0 Å². The van der Waals surface area contributed by atoms with Gasteiger partial charge < -0.3 is 9.55 Å². The van der Waals surface area contributed by atoms with E-state index in [4.69, 9.17) is 0 Å². The number of nitrogens with zero attached hydrogens (tertiary/aromatic N) is 2. The van der Waals surface area contributed by atoms with Crippen molar-refractivity contribution in [1.82, 2.24) is 14.5 Å². The molecule has 16 heavy (non-hydrogen) atoms. The first-order valence-electron chi connectivity index (χ1n) is 4.70. The van der Waals surface area contributed by atoms with Crippen LogP contribution in [0.15, 0.2) is 17.1 Å². The number of H-pyrrole nitrogens is 1. The molecule has 0 saturated heterocycles. The summed E-state index contributed by atoms with van der Waals surface area (Å²) in [5.41, 5.74) is 1.25. The fraction of sp³-hybridized carbons (Fsp3) is 0.250. The van der Waals surface area contributed by atoms with Crippen molar-refractivity contribution in [2.45, 2.75) is 6.92 Å². The lowest BCUT2D eigenvalue weighted by atomic mass is 9.08. The van der Waals surface area contributed by atoms with Crippen LogP contribution in [-0.4, -0.2) is 44.1 Å². The van der Waals surface area contributed by atoms with Crippen LogP contribution in [0, 0.1) is 6.92 Å². The number of pyridine rings is 1. The Bertz CT molecular complexity index is 531. The van der Waals surface area contributed by atoms with Crippen LogP contribution in [0.3, 0.4) is 0 Å². The minimum Gasteiger partial charge on any atom is -0.342 e. The molecule has 2 heterocycles. The summed E-state index contributed by atoms with van der Waals surface area (Å²) in [6.45, 7) is 1.83. The van der Waals surface area contributed by atoms with Crippen LogP contribution >= 0.6 is 0 Å². The molecule has 0 amide bonds. The smallest absolute Gasteiger partial charge is 0.278 e. The maximum absolute atomic E-state index is 11.4. The van der Waals surface area contributed by atoms with Crippen LogP contribution < -0.4 is 5.56 Å². The van der Waals surface area contributed by atoms with E-state index in [0.717, 1.165) is 11.3 Å². The van der Waals surface area contributed by atoms with Gasteiger partial charge in [-0.1, -0.05) is 0 Å². The van der Waals surface area contributed by atoms with Gasteiger partial charge in [-0.25, -0.2) is 4.98 Å². The van der Waals surface area contributed by atoms with Crippen LogP contribution in [0.25, 0.3) is 11.0 Å². The van der Waals surface area contributed by atoms with Gasteiger partial charge in [-0.2, -0.15) is 0 Å². The van der Waals surface area contributed by atoms with Crippen molar-refractivity contribution in [2.75, 3.05) is 0 Å². The highest BCUT2D eigenvalue weighted by atomic mass is 16.1. The lowest BCUT2D eigenvalue weighted by Crippen LogP contribution is -2.15. The first-order chi connectivity index (χ1) is 7.41. The second-order valence-electron chi connectivity index (χ2n) is 3.39. The second kappa shape index (κ2) is 5.14. The fourth-order valence-corrected chi connectivity index (χ4v) is 1.21. The van der Waals surface area contributed by atoms with Gasteiger partial charge in [-0.3, -0.25) is 4.79 Å². The molecule has 8 heteroatoms. The summed E-state index contributed by atoms with van der Waals surface area (Å²) in [4.78, 5) is 18.5. The quantitative estimate of drug-likeness (QED) is 0.565. The van der Waals surface area contributed by atoms with E-state index >= 15 is 0 Å². The number of hydrogen-bond acceptors (Lipinski definition) is 2. The van der Waals surface area contributed by atoms with E-state index in [1.807, 2.05) is 13.0 Å². The third-order valence-electron chi connectivity index (χ3n) is 1.84. The Kier molecular flexibility index (Phi) is 4.10. The van der Waals surface area contributed by atoms with Crippen molar-refractivity contribution in [2.24, 2.45) is 7.05 Å². The Morgan fingerprint density at radius 2 is 2.00 bits per heavy atom. The summed E-state index contributed by atoms with van der Waals surface area (Å²) in [6, 6.07) is 1.84. The van der Waals surface area contributed by atoms with Crippen molar-refractivity contribution in [3.63, 3.8) is 0 Å². The normalized spacial score (nSPS) is 9.62. The molecule has 0 bridgehead atoms. The van der Waals surface area contributed by atoms with Crippen LogP contribution in [-0.2, 0) is 7.05 Å². The lowest BCUT2D eigenvalue weighted by Gasteiger charge is -1.93. The van der Waals surface area contributed by atoms with E-state index < -0.39 is 6.39 Å². The summed E-state index contributed by atoms with van der Waals surface area (Å²) in [6.07, 6.45) is 1.06. The molecular weight excluding hydrogens is 197 g/mol. The highest BCUT2D eigenvalue weighted by Crippen LogP contribution is 2.04. The molecule has 2 rings (SSSR count). The van der Waals surface area contributed by atoms with Crippen molar-refractivity contribution in [3.05, 3.63) is 28.4 Å². The molecule has 0 aliphatic carbocycles. The number of rotatable bonds is 0. The predicted molar refractivity (Wildman–Crippen MR) is 69.1 cm³/mol. The third kappa shape index (κ3) is 3.08. The molecule has 2 aromatic rings. The number of aromatic amines is 1. The Hall–Kier alpha value is -1.32. The molecule has 0 saturated carbocycles. The monoisotopic (exact) mass is 207 g/mol. The number of fused-ring (bicyclic) bond motifs is 1. The zero-order chi connectivity index (χ0) is 12.3. The molecular formula is C8H9B4N3O. The first kappa shape index (κ1) is 12.7. The van der Waals surface area contributed by atoms with Crippen LogP contribution in [0.4, 0.5) is 0 Å². The molecule has 0 aromatic carbocycles. The van der Waals surface area contributed by atoms with Gasteiger partial charge in [0.25, 0.3) is 5.56 Å². The van der Waals surface area contributed by atoms with E-state index in [2.05, 4.69) is 33.2 Å². The molecule has 1 N–H and O–H groups in total. The van der Waals surface area contributed by atoms with Gasteiger partial charge in [-0.05, 0) is 13.0 Å². The van der Waals surface area contributed by atoms with Crippen molar-refractivity contribution >= 4 is 40.6 Å². The summed E-state index contributed by atoms with van der Waals surface area (Å²) >= 11 is 0. The Morgan fingerprint density at radius 3 is 2.56 bits per heavy atom. The maximum atomic E-state index is 11.4. The van der Waals surface area contributed by atoms with Gasteiger partial charge in [0.1, 0.15) is 5.82 Å². The molecule has 0 atom stereocenters.